The van der Waals surface area contributed by atoms with Crippen LogP contribution < -0.4 is 10.1 Å². The van der Waals surface area contributed by atoms with Crippen molar-refractivity contribution >= 4 is 27.3 Å². The fourth-order valence-electron chi connectivity index (χ4n) is 2.52. The van der Waals surface area contributed by atoms with Crippen LogP contribution in [0.4, 0.5) is 0 Å². The number of carbonyl (C=O) groups excluding carboxylic acids is 1. The highest BCUT2D eigenvalue weighted by molar-refractivity contribution is 7.90. The van der Waals surface area contributed by atoms with Crippen molar-refractivity contribution in [3.05, 3.63) is 58.6 Å². The van der Waals surface area contributed by atoms with Gasteiger partial charge in [-0.1, -0.05) is 30.7 Å². The zero-order valence-corrected chi connectivity index (χ0v) is 16.5. The molecule has 26 heavy (non-hydrogen) atoms. The van der Waals surface area contributed by atoms with Crippen LogP contribution in [0.3, 0.4) is 0 Å². The zero-order valence-electron chi connectivity index (χ0n) is 15.0. The molecule has 0 aromatic heterocycles. The van der Waals surface area contributed by atoms with E-state index in [4.69, 9.17) is 16.3 Å². The molecule has 0 aliphatic rings. The third-order valence-corrected chi connectivity index (χ3v) is 5.34. The van der Waals surface area contributed by atoms with Crippen LogP contribution in [0.2, 0.25) is 5.02 Å². The predicted octanol–water partition coefficient (Wildman–Crippen LogP) is 4.02. The number of sulfone groups is 1. The first-order valence-electron chi connectivity index (χ1n) is 8.29. The Morgan fingerprint density at radius 2 is 1.81 bits per heavy atom. The van der Waals surface area contributed by atoms with Crippen LogP contribution in [0.15, 0.2) is 47.4 Å². The van der Waals surface area contributed by atoms with E-state index < -0.39 is 9.84 Å². The lowest BCUT2D eigenvalue weighted by molar-refractivity contribution is 0.0935. The SMILES string of the molecule is CCOc1ccc(C(=O)NC(CC)c2ccc(S(C)(=O)=O)cc2)cc1Cl. The van der Waals surface area contributed by atoms with Gasteiger partial charge in [-0.2, -0.15) is 0 Å². The minimum Gasteiger partial charge on any atom is -0.492 e. The molecule has 0 saturated heterocycles. The quantitative estimate of drug-likeness (QED) is 0.768. The Morgan fingerprint density at radius 1 is 1.15 bits per heavy atom. The second kappa shape index (κ2) is 8.56. The number of amides is 1. The van der Waals surface area contributed by atoms with Crippen LogP contribution in [-0.4, -0.2) is 27.2 Å². The topological polar surface area (TPSA) is 72.5 Å². The maximum Gasteiger partial charge on any atom is 0.251 e. The zero-order chi connectivity index (χ0) is 19.3. The van der Waals surface area contributed by atoms with E-state index in [1.807, 2.05) is 13.8 Å². The third-order valence-electron chi connectivity index (χ3n) is 3.92. The van der Waals surface area contributed by atoms with Gasteiger partial charge in [0.25, 0.3) is 5.91 Å². The normalized spacial score (nSPS) is 12.5. The highest BCUT2D eigenvalue weighted by Crippen LogP contribution is 2.26. The van der Waals surface area contributed by atoms with Crippen molar-refractivity contribution in [2.75, 3.05) is 12.9 Å². The molecule has 0 aliphatic heterocycles. The van der Waals surface area contributed by atoms with Gasteiger partial charge in [-0.05, 0) is 49.2 Å². The highest BCUT2D eigenvalue weighted by Gasteiger charge is 2.16. The lowest BCUT2D eigenvalue weighted by atomic mass is 10.0. The van der Waals surface area contributed by atoms with Crippen molar-refractivity contribution in [2.24, 2.45) is 0 Å². The fraction of sp³-hybridized carbons (Fsp3) is 0.316. The summed E-state index contributed by atoms with van der Waals surface area (Å²) in [6, 6.07) is 11.2. The molecule has 0 fully saturated rings. The fourth-order valence-corrected chi connectivity index (χ4v) is 3.39. The van der Waals surface area contributed by atoms with Crippen LogP contribution in [0.5, 0.6) is 5.75 Å². The van der Waals surface area contributed by atoms with E-state index in [0.717, 1.165) is 11.8 Å². The molecule has 0 radical (unpaired) electrons. The molecule has 1 N–H and O–H groups in total. The van der Waals surface area contributed by atoms with Crippen LogP contribution in [0.25, 0.3) is 0 Å². The third kappa shape index (κ3) is 4.99. The van der Waals surface area contributed by atoms with Gasteiger partial charge < -0.3 is 10.1 Å². The predicted molar refractivity (Wildman–Crippen MR) is 103 cm³/mol. The number of rotatable bonds is 7. The summed E-state index contributed by atoms with van der Waals surface area (Å²) in [5.41, 5.74) is 1.27. The molecule has 0 heterocycles. The van der Waals surface area contributed by atoms with Gasteiger partial charge in [0.1, 0.15) is 5.75 Å². The lowest BCUT2D eigenvalue weighted by Crippen LogP contribution is -2.28. The Kier molecular flexibility index (Phi) is 6.67. The molecule has 2 rings (SSSR count). The Hall–Kier alpha value is -2.05. The summed E-state index contributed by atoms with van der Waals surface area (Å²) in [6.45, 7) is 4.30. The molecule has 5 nitrogen and oxygen atoms in total. The first-order valence-corrected chi connectivity index (χ1v) is 10.6. The summed E-state index contributed by atoms with van der Waals surface area (Å²) in [5.74, 6) is 0.281. The van der Waals surface area contributed by atoms with Gasteiger partial charge in [-0.25, -0.2) is 8.42 Å². The molecular weight excluding hydrogens is 374 g/mol. The number of halogens is 1. The summed E-state index contributed by atoms with van der Waals surface area (Å²) in [5, 5.41) is 3.33. The van der Waals surface area contributed by atoms with Crippen LogP contribution in [0.1, 0.15) is 42.2 Å². The van der Waals surface area contributed by atoms with Gasteiger partial charge in [0.05, 0.1) is 22.6 Å². The first kappa shape index (κ1) is 20.3. The van der Waals surface area contributed by atoms with Crippen molar-refractivity contribution in [2.45, 2.75) is 31.2 Å². The molecule has 1 unspecified atom stereocenters. The van der Waals surface area contributed by atoms with E-state index in [9.17, 15) is 13.2 Å². The van der Waals surface area contributed by atoms with Crippen LogP contribution >= 0.6 is 11.6 Å². The van der Waals surface area contributed by atoms with Crippen molar-refractivity contribution in [3.63, 3.8) is 0 Å². The minimum absolute atomic E-state index is 0.235. The van der Waals surface area contributed by atoms with Crippen molar-refractivity contribution < 1.29 is 17.9 Å². The number of hydrogen-bond acceptors (Lipinski definition) is 4. The number of benzene rings is 2. The number of nitrogens with one attached hydrogen (secondary N) is 1. The van der Waals surface area contributed by atoms with E-state index in [0.29, 0.717) is 29.4 Å². The number of hydrogen-bond donors (Lipinski definition) is 1. The van der Waals surface area contributed by atoms with Gasteiger partial charge in [-0.15, -0.1) is 0 Å². The Balaban J connectivity index is 2.16. The average molecular weight is 396 g/mol. The average Bonchev–Trinajstić information content (AvgIpc) is 2.60. The molecule has 2 aromatic carbocycles. The van der Waals surface area contributed by atoms with Crippen molar-refractivity contribution in [1.82, 2.24) is 5.32 Å². The van der Waals surface area contributed by atoms with E-state index >= 15 is 0 Å². The lowest BCUT2D eigenvalue weighted by Gasteiger charge is -2.18. The van der Waals surface area contributed by atoms with E-state index in [1.165, 1.54) is 0 Å². The summed E-state index contributed by atoms with van der Waals surface area (Å²) >= 11 is 6.14. The van der Waals surface area contributed by atoms with E-state index in [1.54, 1.807) is 42.5 Å². The molecule has 0 aliphatic carbocycles. The highest BCUT2D eigenvalue weighted by atomic mass is 35.5. The second-order valence-corrected chi connectivity index (χ2v) is 8.28. The molecule has 0 spiro atoms. The van der Waals surface area contributed by atoms with Crippen molar-refractivity contribution in [1.29, 1.82) is 0 Å². The van der Waals surface area contributed by atoms with Crippen LogP contribution in [-0.2, 0) is 9.84 Å². The molecule has 7 heteroatoms. The molecule has 1 atom stereocenters. The molecule has 0 bridgehead atoms. The second-order valence-electron chi connectivity index (χ2n) is 5.85. The smallest absolute Gasteiger partial charge is 0.251 e. The van der Waals surface area contributed by atoms with Crippen molar-refractivity contribution in [3.8, 4) is 5.75 Å². The minimum atomic E-state index is -3.25. The Labute approximate surface area is 159 Å². The standard InChI is InChI=1S/C19H22ClNO4S/c1-4-17(13-6-9-15(10-7-13)26(3,23)24)21-19(22)14-8-11-18(25-5-2)16(20)12-14/h6-12,17H,4-5H2,1-3H3,(H,21,22). The molecule has 2 aromatic rings. The maximum absolute atomic E-state index is 12.5. The summed E-state index contributed by atoms with van der Waals surface area (Å²) in [4.78, 5) is 12.8. The summed E-state index contributed by atoms with van der Waals surface area (Å²) in [6.07, 6.45) is 1.82. The largest absolute Gasteiger partial charge is 0.492 e. The van der Waals surface area contributed by atoms with Crippen LogP contribution in [0, 0.1) is 0 Å². The Bertz CT molecular complexity index is 879. The van der Waals surface area contributed by atoms with Gasteiger partial charge in [0.15, 0.2) is 9.84 Å². The summed E-state index contributed by atoms with van der Waals surface area (Å²) in [7, 11) is -3.25. The summed E-state index contributed by atoms with van der Waals surface area (Å²) < 4.78 is 28.5. The van der Waals surface area contributed by atoms with E-state index in [2.05, 4.69) is 5.32 Å². The molecular formula is C19H22ClNO4S. The van der Waals surface area contributed by atoms with Gasteiger partial charge in [0.2, 0.25) is 0 Å². The monoisotopic (exact) mass is 395 g/mol. The number of carbonyl (C=O) groups is 1. The molecule has 1 amide bonds. The van der Waals surface area contributed by atoms with Gasteiger partial charge in [0, 0.05) is 11.8 Å². The Morgan fingerprint density at radius 3 is 2.31 bits per heavy atom. The van der Waals surface area contributed by atoms with Gasteiger partial charge in [-0.3, -0.25) is 4.79 Å². The molecule has 140 valence electrons. The number of ether oxygens (including phenoxy) is 1. The van der Waals surface area contributed by atoms with E-state index in [-0.39, 0.29) is 16.8 Å². The maximum atomic E-state index is 12.5. The van der Waals surface area contributed by atoms with Gasteiger partial charge >= 0.3 is 0 Å². The first-order chi connectivity index (χ1) is 12.3. The molecule has 0 saturated carbocycles.